The molecule has 0 amide bonds. The highest BCUT2D eigenvalue weighted by Gasteiger charge is 2.10. The van der Waals surface area contributed by atoms with E-state index in [0.29, 0.717) is 26.8 Å². The summed E-state index contributed by atoms with van der Waals surface area (Å²) in [5.41, 5.74) is 6.31. The monoisotopic (exact) mass is 275 g/mol. The van der Waals surface area contributed by atoms with E-state index in [1.807, 2.05) is 0 Å². The summed E-state index contributed by atoms with van der Waals surface area (Å²) >= 11 is 13.0. The van der Waals surface area contributed by atoms with E-state index < -0.39 is 0 Å². The van der Waals surface area contributed by atoms with Gasteiger partial charge in [-0.15, -0.1) is 10.2 Å². The Bertz CT molecular complexity index is 529. The summed E-state index contributed by atoms with van der Waals surface area (Å²) in [6.45, 7) is 1.72. The number of nitrogens with two attached hydrogens (primary N) is 1. The van der Waals surface area contributed by atoms with Crippen LogP contribution in [0.25, 0.3) is 0 Å². The van der Waals surface area contributed by atoms with Crippen LogP contribution in [-0.2, 0) is 0 Å². The fourth-order valence-electron chi connectivity index (χ4n) is 1.05. The zero-order valence-electron chi connectivity index (χ0n) is 8.20. The van der Waals surface area contributed by atoms with Crippen molar-refractivity contribution in [2.45, 2.75) is 17.0 Å². The third kappa shape index (κ3) is 2.42. The lowest BCUT2D eigenvalue weighted by molar-refractivity contribution is 0.429. The third-order valence-corrected chi connectivity index (χ3v) is 3.39. The number of hydrogen-bond acceptors (Lipinski definition) is 5. The molecular weight excluding hydrogens is 269 g/mol. The fraction of sp³-hybridized carbons (Fsp3) is 0.111. The second-order valence-corrected chi connectivity index (χ2v) is 4.80. The lowest BCUT2D eigenvalue weighted by atomic mass is 10.3. The van der Waals surface area contributed by atoms with Crippen molar-refractivity contribution >= 4 is 40.7 Å². The van der Waals surface area contributed by atoms with Gasteiger partial charge in [0.25, 0.3) is 5.22 Å². The van der Waals surface area contributed by atoms with Crippen molar-refractivity contribution in [1.82, 2.24) is 10.2 Å². The van der Waals surface area contributed by atoms with E-state index in [9.17, 15) is 0 Å². The molecule has 0 unspecified atom stereocenters. The van der Waals surface area contributed by atoms with E-state index in [1.165, 1.54) is 11.8 Å². The van der Waals surface area contributed by atoms with Gasteiger partial charge in [-0.05, 0) is 23.9 Å². The molecule has 0 saturated carbocycles. The van der Waals surface area contributed by atoms with Gasteiger partial charge in [0.15, 0.2) is 0 Å². The quantitative estimate of drug-likeness (QED) is 0.851. The number of aromatic nitrogens is 2. The molecule has 84 valence electrons. The minimum absolute atomic E-state index is 0.419. The van der Waals surface area contributed by atoms with Gasteiger partial charge >= 0.3 is 0 Å². The standard InChI is InChI=1S/C9H7Cl2N3OS/c1-4-13-14-9(15-4)16-8-3-6(11)5(10)2-7(8)12/h2-3H,12H2,1H3. The first kappa shape index (κ1) is 11.6. The Hall–Kier alpha value is -0.910. The molecule has 0 bridgehead atoms. The number of hydrogen-bond donors (Lipinski definition) is 1. The summed E-state index contributed by atoms with van der Waals surface area (Å²) in [6.07, 6.45) is 0. The van der Waals surface area contributed by atoms with E-state index in [0.717, 1.165) is 4.90 Å². The zero-order chi connectivity index (χ0) is 11.7. The van der Waals surface area contributed by atoms with Gasteiger partial charge in [0, 0.05) is 17.5 Å². The van der Waals surface area contributed by atoms with Gasteiger partial charge in [0.05, 0.1) is 10.0 Å². The van der Waals surface area contributed by atoms with Crippen molar-refractivity contribution in [3.05, 3.63) is 28.1 Å². The smallest absolute Gasteiger partial charge is 0.281 e. The number of benzene rings is 1. The minimum Gasteiger partial charge on any atom is -0.416 e. The number of rotatable bonds is 2. The molecule has 0 atom stereocenters. The van der Waals surface area contributed by atoms with Gasteiger partial charge in [0.1, 0.15) is 0 Å². The van der Waals surface area contributed by atoms with E-state index >= 15 is 0 Å². The maximum absolute atomic E-state index is 5.89. The molecule has 0 radical (unpaired) electrons. The first-order valence-electron chi connectivity index (χ1n) is 4.29. The van der Waals surface area contributed by atoms with E-state index in [-0.39, 0.29) is 0 Å². The number of aryl methyl sites for hydroxylation is 1. The van der Waals surface area contributed by atoms with Crippen molar-refractivity contribution in [2.75, 3.05) is 5.73 Å². The highest BCUT2D eigenvalue weighted by atomic mass is 35.5. The summed E-state index contributed by atoms with van der Waals surface area (Å²) in [5.74, 6) is 0.501. The van der Waals surface area contributed by atoms with Crippen molar-refractivity contribution < 1.29 is 4.42 Å². The normalized spacial score (nSPS) is 10.7. The van der Waals surface area contributed by atoms with Gasteiger partial charge < -0.3 is 10.2 Å². The van der Waals surface area contributed by atoms with Crippen LogP contribution < -0.4 is 5.73 Å². The molecule has 0 aliphatic carbocycles. The molecule has 0 spiro atoms. The van der Waals surface area contributed by atoms with E-state index in [4.69, 9.17) is 33.4 Å². The summed E-state index contributed by atoms with van der Waals surface area (Å²) in [4.78, 5) is 0.734. The molecule has 0 fully saturated rings. The lowest BCUT2D eigenvalue weighted by Crippen LogP contribution is -1.89. The molecule has 7 heteroatoms. The Morgan fingerprint density at radius 3 is 2.56 bits per heavy atom. The van der Waals surface area contributed by atoms with Crippen molar-refractivity contribution in [3.63, 3.8) is 0 Å². The molecule has 16 heavy (non-hydrogen) atoms. The topological polar surface area (TPSA) is 64.9 Å². The predicted octanol–water partition coefficient (Wildman–Crippen LogP) is 3.42. The molecule has 1 aromatic heterocycles. The van der Waals surface area contributed by atoms with Crippen LogP contribution in [0.5, 0.6) is 0 Å². The number of nitrogen functional groups attached to an aromatic ring is 1. The molecule has 1 heterocycles. The molecule has 4 nitrogen and oxygen atoms in total. The third-order valence-electron chi connectivity index (χ3n) is 1.76. The minimum atomic E-state index is 0.419. The van der Waals surface area contributed by atoms with Gasteiger partial charge in [-0.3, -0.25) is 0 Å². The average Bonchev–Trinajstić information content (AvgIpc) is 2.60. The highest BCUT2D eigenvalue weighted by molar-refractivity contribution is 7.99. The first-order valence-corrected chi connectivity index (χ1v) is 5.86. The van der Waals surface area contributed by atoms with Crippen LogP contribution in [0, 0.1) is 6.92 Å². The van der Waals surface area contributed by atoms with Crippen LogP contribution in [0.3, 0.4) is 0 Å². The molecular formula is C9H7Cl2N3OS. The summed E-state index contributed by atoms with van der Waals surface area (Å²) in [6, 6.07) is 3.26. The van der Waals surface area contributed by atoms with Crippen LogP contribution in [0.4, 0.5) is 5.69 Å². The van der Waals surface area contributed by atoms with Gasteiger partial charge in [-0.1, -0.05) is 23.2 Å². The Kier molecular flexibility index (Phi) is 3.28. The summed E-state index contributed by atoms with van der Waals surface area (Å²) in [7, 11) is 0. The second kappa shape index (κ2) is 4.53. The zero-order valence-corrected chi connectivity index (χ0v) is 10.5. The molecule has 0 aliphatic heterocycles. The Balaban J connectivity index is 2.31. The van der Waals surface area contributed by atoms with Crippen LogP contribution in [0.1, 0.15) is 5.89 Å². The van der Waals surface area contributed by atoms with E-state index in [1.54, 1.807) is 19.1 Å². The van der Waals surface area contributed by atoms with Crippen molar-refractivity contribution in [1.29, 1.82) is 0 Å². The Labute approximate surface area is 106 Å². The van der Waals surface area contributed by atoms with E-state index in [2.05, 4.69) is 10.2 Å². The molecule has 1 aromatic carbocycles. The number of anilines is 1. The van der Waals surface area contributed by atoms with Crippen molar-refractivity contribution in [2.24, 2.45) is 0 Å². The van der Waals surface area contributed by atoms with Crippen LogP contribution in [0.2, 0.25) is 10.0 Å². The molecule has 2 N–H and O–H groups in total. The number of halogens is 2. The SMILES string of the molecule is Cc1nnc(Sc2cc(Cl)c(Cl)cc2N)o1. The molecule has 2 aromatic rings. The Morgan fingerprint density at radius 2 is 1.94 bits per heavy atom. The van der Waals surface area contributed by atoms with Crippen LogP contribution in [-0.4, -0.2) is 10.2 Å². The largest absolute Gasteiger partial charge is 0.416 e. The van der Waals surface area contributed by atoms with Gasteiger partial charge in [-0.25, -0.2) is 0 Å². The molecule has 0 aliphatic rings. The van der Waals surface area contributed by atoms with Gasteiger partial charge in [-0.2, -0.15) is 0 Å². The highest BCUT2D eigenvalue weighted by Crippen LogP contribution is 2.36. The summed E-state index contributed by atoms with van der Waals surface area (Å²) < 4.78 is 5.22. The second-order valence-electron chi connectivity index (χ2n) is 2.99. The summed E-state index contributed by atoms with van der Waals surface area (Å²) in [5, 5.41) is 8.84. The van der Waals surface area contributed by atoms with Crippen molar-refractivity contribution in [3.8, 4) is 0 Å². The average molecular weight is 276 g/mol. The molecule has 2 rings (SSSR count). The first-order chi connectivity index (χ1) is 7.56. The maximum atomic E-state index is 5.89. The Morgan fingerprint density at radius 1 is 1.25 bits per heavy atom. The molecule has 0 saturated heterocycles. The van der Waals surface area contributed by atoms with Crippen LogP contribution >= 0.6 is 35.0 Å². The van der Waals surface area contributed by atoms with Gasteiger partial charge in [0.2, 0.25) is 5.89 Å². The fourth-order valence-corrected chi connectivity index (χ4v) is 2.23. The predicted molar refractivity (Wildman–Crippen MR) is 64.0 cm³/mol. The number of nitrogens with zero attached hydrogens (tertiary/aromatic N) is 2. The van der Waals surface area contributed by atoms with Crippen LogP contribution in [0.15, 0.2) is 26.7 Å². The maximum Gasteiger partial charge on any atom is 0.281 e. The lowest BCUT2D eigenvalue weighted by Gasteiger charge is -2.04.